The summed E-state index contributed by atoms with van der Waals surface area (Å²) in [4.78, 5) is 1.57. The second kappa shape index (κ2) is 6.66. The third-order valence-corrected chi connectivity index (χ3v) is 3.17. The molecule has 1 rings (SSSR count). The standard InChI is InChI=1S/C9H14F3N5OS/c1-18-5-4-17(3-2-6(13)14)8-16-15-7(19-8)9(10,11)12/h2-5H2,1H3,(H3,13,14). The monoisotopic (exact) mass is 297 g/mol. The number of nitrogens with one attached hydrogen (secondary N) is 1. The molecule has 0 aliphatic heterocycles. The van der Waals surface area contributed by atoms with Gasteiger partial charge < -0.3 is 15.4 Å². The molecule has 1 aromatic rings. The first kappa shape index (κ1) is 15.6. The van der Waals surface area contributed by atoms with E-state index in [1.54, 1.807) is 4.90 Å². The predicted molar refractivity (Wildman–Crippen MR) is 65.5 cm³/mol. The first-order chi connectivity index (χ1) is 8.84. The molecule has 6 nitrogen and oxygen atoms in total. The first-order valence-electron chi connectivity index (χ1n) is 5.32. The largest absolute Gasteiger partial charge is 0.445 e. The quantitative estimate of drug-likeness (QED) is 0.585. The third kappa shape index (κ3) is 4.99. The summed E-state index contributed by atoms with van der Waals surface area (Å²) in [5.41, 5.74) is 5.23. The van der Waals surface area contributed by atoms with Crippen LogP contribution in [0.2, 0.25) is 0 Å². The number of nitrogens with two attached hydrogens (primary N) is 1. The van der Waals surface area contributed by atoms with Crippen molar-refractivity contribution in [2.45, 2.75) is 12.6 Å². The van der Waals surface area contributed by atoms with E-state index in [0.29, 0.717) is 31.0 Å². The molecule has 108 valence electrons. The molecule has 0 unspecified atom stereocenters. The maximum absolute atomic E-state index is 12.4. The predicted octanol–water partition coefficient (Wildman–Crippen LogP) is 1.34. The van der Waals surface area contributed by atoms with Gasteiger partial charge in [-0.25, -0.2) is 0 Å². The highest BCUT2D eigenvalue weighted by molar-refractivity contribution is 7.15. The van der Waals surface area contributed by atoms with E-state index in [2.05, 4.69) is 10.2 Å². The molecule has 0 spiro atoms. The summed E-state index contributed by atoms with van der Waals surface area (Å²) in [6.45, 7) is 0.986. The van der Waals surface area contributed by atoms with Gasteiger partial charge >= 0.3 is 6.18 Å². The van der Waals surface area contributed by atoms with E-state index < -0.39 is 11.2 Å². The number of alkyl halides is 3. The highest BCUT2D eigenvalue weighted by Crippen LogP contribution is 2.34. The average molecular weight is 297 g/mol. The van der Waals surface area contributed by atoms with Gasteiger partial charge in [0.2, 0.25) is 10.1 Å². The van der Waals surface area contributed by atoms with Crippen LogP contribution >= 0.6 is 11.3 Å². The van der Waals surface area contributed by atoms with E-state index in [0.717, 1.165) is 0 Å². The molecule has 1 heterocycles. The van der Waals surface area contributed by atoms with Crippen LogP contribution in [0.25, 0.3) is 0 Å². The average Bonchev–Trinajstić information content (AvgIpc) is 2.78. The zero-order valence-electron chi connectivity index (χ0n) is 10.2. The van der Waals surface area contributed by atoms with Gasteiger partial charge in [0.1, 0.15) is 0 Å². The molecule has 0 atom stereocenters. The minimum Gasteiger partial charge on any atom is -0.388 e. The summed E-state index contributed by atoms with van der Waals surface area (Å²) in [6.07, 6.45) is -4.26. The second-order valence-corrected chi connectivity index (χ2v) is 4.60. The van der Waals surface area contributed by atoms with Gasteiger partial charge in [-0.05, 0) is 0 Å². The Morgan fingerprint density at radius 2 is 2.11 bits per heavy atom. The number of nitrogens with zero attached hydrogens (tertiary/aromatic N) is 3. The number of halogens is 3. The fourth-order valence-electron chi connectivity index (χ4n) is 1.22. The lowest BCUT2D eigenvalue weighted by Crippen LogP contribution is -2.30. The van der Waals surface area contributed by atoms with Crippen molar-refractivity contribution in [3.63, 3.8) is 0 Å². The highest BCUT2D eigenvalue weighted by atomic mass is 32.1. The number of ether oxygens (including phenoxy) is 1. The topological polar surface area (TPSA) is 88.1 Å². The van der Waals surface area contributed by atoms with Crippen LogP contribution in [-0.2, 0) is 10.9 Å². The molecule has 19 heavy (non-hydrogen) atoms. The van der Waals surface area contributed by atoms with Crippen molar-refractivity contribution in [3.8, 4) is 0 Å². The van der Waals surface area contributed by atoms with E-state index in [9.17, 15) is 13.2 Å². The number of methoxy groups -OCH3 is 1. The van der Waals surface area contributed by atoms with Gasteiger partial charge in [-0.1, -0.05) is 11.3 Å². The van der Waals surface area contributed by atoms with Crippen molar-refractivity contribution in [1.29, 1.82) is 5.41 Å². The van der Waals surface area contributed by atoms with Crippen LogP contribution in [-0.4, -0.2) is 42.8 Å². The molecule has 10 heteroatoms. The Morgan fingerprint density at radius 1 is 1.42 bits per heavy atom. The van der Waals surface area contributed by atoms with Crippen molar-refractivity contribution in [2.24, 2.45) is 5.73 Å². The Bertz CT molecular complexity index is 422. The molecule has 0 radical (unpaired) electrons. The summed E-state index contributed by atoms with van der Waals surface area (Å²) in [6, 6.07) is 0. The Hall–Kier alpha value is -1.42. The smallest absolute Gasteiger partial charge is 0.388 e. The number of rotatable bonds is 7. The Balaban J connectivity index is 2.78. The summed E-state index contributed by atoms with van der Waals surface area (Å²) in [7, 11) is 1.49. The molecule has 1 aromatic heterocycles. The normalized spacial score (nSPS) is 11.6. The van der Waals surface area contributed by atoms with Crippen LogP contribution < -0.4 is 10.6 Å². The van der Waals surface area contributed by atoms with Crippen molar-refractivity contribution in [2.75, 3.05) is 31.7 Å². The van der Waals surface area contributed by atoms with Gasteiger partial charge in [-0.15, -0.1) is 10.2 Å². The Labute approximate surface area is 111 Å². The maximum Gasteiger partial charge on any atom is 0.445 e. The van der Waals surface area contributed by atoms with Gasteiger partial charge in [0.15, 0.2) is 0 Å². The number of aromatic nitrogens is 2. The summed E-state index contributed by atoms with van der Waals surface area (Å²) in [5, 5.41) is 12.9. The summed E-state index contributed by atoms with van der Waals surface area (Å²) in [5.74, 6) is -0.0389. The van der Waals surface area contributed by atoms with E-state index in [1.807, 2.05) is 0 Å². The second-order valence-electron chi connectivity index (χ2n) is 3.64. The number of hydrogen-bond acceptors (Lipinski definition) is 6. The number of amidine groups is 1. The van der Waals surface area contributed by atoms with Crippen LogP contribution in [0.4, 0.5) is 18.3 Å². The molecule has 0 amide bonds. The van der Waals surface area contributed by atoms with E-state index in [4.69, 9.17) is 15.9 Å². The lowest BCUT2D eigenvalue weighted by molar-refractivity contribution is -0.138. The van der Waals surface area contributed by atoms with Crippen LogP contribution in [0.3, 0.4) is 0 Å². The van der Waals surface area contributed by atoms with Gasteiger partial charge in [0.25, 0.3) is 0 Å². The molecule has 3 N–H and O–H groups in total. The Kier molecular flexibility index (Phi) is 5.48. The van der Waals surface area contributed by atoms with Crippen LogP contribution in [0.5, 0.6) is 0 Å². The maximum atomic E-state index is 12.4. The first-order valence-corrected chi connectivity index (χ1v) is 6.13. The van der Waals surface area contributed by atoms with Crippen molar-refractivity contribution < 1.29 is 17.9 Å². The zero-order valence-corrected chi connectivity index (χ0v) is 11.0. The van der Waals surface area contributed by atoms with Crippen molar-refractivity contribution in [3.05, 3.63) is 5.01 Å². The van der Waals surface area contributed by atoms with E-state index >= 15 is 0 Å². The fourth-order valence-corrected chi connectivity index (χ4v) is 1.98. The molecular formula is C9H14F3N5OS. The van der Waals surface area contributed by atoms with Crippen molar-refractivity contribution in [1.82, 2.24) is 10.2 Å². The highest BCUT2D eigenvalue weighted by Gasteiger charge is 2.36. The summed E-state index contributed by atoms with van der Waals surface area (Å²) >= 11 is 0.462. The molecule has 0 aliphatic rings. The molecule has 0 bridgehead atoms. The van der Waals surface area contributed by atoms with Gasteiger partial charge in [0.05, 0.1) is 12.4 Å². The lowest BCUT2D eigenvalue weighted by Gasteiger charge is -2.20. The Morgan fingerprint density at radius 3 is 2.58 bits per heavy atom. The zero-order chi connectivity index (χ0) is 14.5. The minimum absolute atomic E-state index is 0.0389. The fraction of sp³-hybridized carbons (Fsp3) is 0.667. The number of anilines is 1. The molecule has 0 aromatic carbocycles. The molecule has 0 saturated carbocycles. The van der Waals surface area contributed by atoms with E-state index in [1.165, 1.54) is 7.11 Å². The molecule has 0 saturated heterocycles. The lowest BCUT2D eigenvalue weighted by atomic mass is 10.3. The SMILES string of the molecule is COCCN(CCC(=N)N)c1nnc(C(F)(F)F)s1. The summed E-state index contributed by atoms with van der Waals surface area (Å²) < 4.78 is 42.2. The molecular weight excluding hydrogens is 283 g/mol. The molecule has 0 fully saturated rings. The van der Waals surface area contributed by atoms with Crippen LogP contribution in [0.15, 0.2) is 0 Å². The minimum atomic E-state index is -4.50. The molecule has 0 aliphatic carbocycles. The van der Waals surface area contributed by atoms with Gasteiger partial charge in [0, 0.05) is 26.6 Å². The van der Waals surface area contributed by atoms with Gasteiger partial charge in [-0.2, -0.15) is 13.2 Å². The van der Waals surface area contributed by atoms with Crippen LogP contribution in [0.1, 0.15) is 11.4 Å². The van der Waals surface area contributed by atoms with E-state index in [-0.39, 0.29) is 17.4 Å². The van der Waals surface area contributed by atoms with Crippen molar-refractivity contribution >= 4 is 22.3 Å². The number of hydrogen-bond donors (Lipinski definition) is 2. The third-order valence-electron chi connectivity index (χ3n) is 2.14. The van der Waals surface area contributed by atoms with Crippen LogP contribution in [0, 0.1) is 5.41 Å². The van der Waals surface area contributed by atoms with Gasteiger partial charge in [-0.3, -0.25) is 5.41 Å².